The third-order valence-corrected chi connectivity index (χ3v) is 7.82. The van der Waals surface area contributed by atoms with Gasteiger partial charge >= 0.3 is 0 Å². The molecule has 1 amide bonds. The van der Waals surface area contributed by atoms with E-state index < -0.39 is 22.9 Å². The summed E-state index contributed by atoms with van der Waals surface area (Å²) in [4.78, 5) is 38.0. The normalized spacial score (nSPS) is 11.5. The van der Waals surface area contributed by atoms with Crippen LogP contribution in [0.4, 0.5) is 14.7 Å². The lowest BCUT2D eigenvalue weighted by atomic mass is 9.99. The van der Waals surface area contributed by atoms with Crippen molar-refractivity contribution in [3.63, 3.8) is 0 Å². The summed E-state index contributed by atoms with van der Waals surface area (Å²) in [6.07, 6.45) is 2.43. The van der Waals surface area contributed by atoms with Gasteiger partial charge in [-0.2, -0.15) is 4.98 Å². The van der Waals surface area contributed by atoms with Crippen molar-refractivity contribution in [2.24, 2.45) is 0 Å². The van der Waals surface area contributed by atoms with Crippen LogP contribution in [-0.2, 0) is 0 Å². The summed E-state index contributed by atoms with van der Waals surface area (Å²) in [6.45, 7) is 13.5. The smallest absolute Gasteiger partial charge is 0.256 e. The molecule has 0 radical (unpaired) electrons. The number of fused-ring (bicyclic) bond motifs is 1. The summed E-state index contributed by atoms with van der Waals surface area (Å²) in [7, 11) is 0. The van der Waals surface area contributed by atoms with Crippen LogP contribution in [0.5, 0.6) is 0 Å². The number of anilines is 1. The highest BCUT2D eigenvalue weighted by Gasteiger charge is 2.21. The van der Waals surface area contributed by atoms with Gasteiger partial charge in [0.1, 0.15) is 17.3 Å². The highest BCUT2D eigenvalue weighted by Crippen LogP contribution is 2.31. The minimum atomic E-state index is -0.889. The Kier molecular flexibility index (Phi) is 10.6. The SMILES string of the molecule is CCC(CC)NC(=O)c1ccc(C)c(-c2nc(NCCCN(CC)CC)nc3c2ccc(=O)n3-c2c(F)cccc2F)c1. The molecule has 0 bridgehead atoms. The number of hydrogen-bond acceptors (Lipinski definition) is 6. The predicted octanol–water partition coefficient (Wildman–Crippen LogP) is 6.10. The zero-order valence-electron chi connectivity index (χ0n) is 25.5. The van der Waals surface area contributed by atoms with Crippen molar-refractivity contribution in [1.82, 2.24) is 24.8 Å². The highest BCUT2D eigenvalue weighted by molar-refractivity contribution is 5.98. The Balaban J connectivity index is 1.89. The van der Waals surface area contributed by atoms with Crippen molar-refractivity contribution in [2.45, 2.75) is 59.9 Å². The van der Waals surface area contributed by atoms with E-state index in [9.17, 15) is 9.59 Å². The molecular formula is C33H40F2N6O2. The summed E-state index contributed by atoms with van der Waals surface area (Å²) >= 11 is 0. The van der Waals surface area contributed by atoms with Gasteiger partial charge in [-0.3, -0.25) is 14.2 Å². The standard InChI is InChI=1S/C33H40F2N6O2/c1-6-23(7-2)37-32(43)22-15-14-21(5)25(20-22)29-24-16-17-28(42)41(30-26(34)12-10-13-27(30)35)31(24)39-33(38-29)36-18-11-19-40(8-3)9-4/h10,12-17,20,23H,6-9,11,18-19H2,1-5H3,(H,37,43)(H,36,38,39). The second kappa shape index (κ2) is 14.3. The molecular weight excluding hydrogens is 550 g/mol. The van der Waals surface area contributed by atoms with Crippen molar-refractivity contribution in [3.8, 4) is 16.9 Å². The number of carbonyl (C=O) groups excluding carboxylic acids is 1. The largest absolute Gasteiger partial charge is 0.354 e. The number of nitrogens with zero attached hydrogens (tertiary/aromatic N) is 4. The molecule has 8 nitrogen and oxygen atoms in total. The number of aromatic nitrogens is 3. The first-order valence-electron chi connectivity index (χ1n) is 15.0. The molecule has 0 saturated carbocycles. The minimum absolute atomic E-state index is 0.0503. The predicted molar refractivity (Wildman–Crippen MR) is 168 cm³/mol. The first-order valence-corrected chi connectivity index (χ1v) is 15.0. The Morgan fingerprint density at radius 1 is 0.977 bits per heavy atom. The molecule has 0 saturated heterocycles. The molecule has 4 rings (SSSR count). The van der Waals surface area contributed by atoms with Crippen LogP contribution in [0.3, 0.4) is 0 Å². The number of aryl methyl sites for hydroxylation is 1. The fourth-order valence-corrected chi connectivity index (χ4v) is 5.14. The van der Waals surface area contributed by atoms with Crippen molar-refractivity contribution in [3.05, 3.63) is 81.6 Å². The van der Waals surface area contributed by atoms with E-state index in [1.54, 1.807) is 18.2 Å². The van der Waals surface area contributed by atoms with Gasteiger partial charge in [-0.05, 0) is 81.7 Å². The Bertz CT molecular complexity index is 1630. The van der Waals surface area contributed by atoms with Crippen LogP contribution in [0, 0.1) is 18.6 Å². The van der Waals surface area contributed by atoms with E-state index in [2.05, 4.69) is 34.4 Å². The van der Waals surface area contributed by atoms with Crippen LogP contribution in [0.1, 0.15) is 62.9 Å². The van der Waals surface area contributed by atoms with E-state index in [-0.39, 0.29) is 23.5 Å². The summed E-state index contributed by atoms with van der Waals surface area (Å²) in [5, 5.41) is 6.72. The topological polar surface area (TPSA) is 92.2 Å². The van der Waals surface area contributed by atoms with E-state index >= 15 is 8.78 Å². The number of pyridine rings is 1. The Labute approximate surface area is 251 Å². The van der Waals surface area contributed by atoms with Gasteiger partial charge in [-0.25, -0.2) is 13.8 Å². The lowest BCUT2D eigenvalue weighted by Crippen LogP contribution is -2.33. The molecule has 2 N–H and O–H groups in total. The van der Waals surface area contributed by atoms with Crippen LogP contribution in [-0.4, -0.2) is 57.6 Å². The van der Waals surface area contributed by atoms with Crippen molar-refractivity contribution >= 4 is 22.9 Å². The van der Waals surface area contributed by atoms with Gasteiger partial charge in [0, 0.05) is 35.2 Å². The average Bonchev–Trinajstić information content (AvgIpc) is 3.00. The molecule has 2 aromatic carbocycles. The number of rotatable bonds is 13. The van der Waals surface area contributed by atoms with Crippen LogP contribution < -0.4 is 16.2 Å². The Morgan fingerprint density at radius 2 is 1.67 bits per heavy atom. The summed E-state index contributed by atoms with van der Waals surface area (Å²) in [5.74, 6) is -1.77. The molecule has 43 heavy (non-hydrogen) atoms. The molecule has 0 spiro atoms. The van der Waals surface area contributed by atoms with Gasteiger partial charge in [-0.1, -0.05) is 39.8 Å². The van der Waals surface area contributed by atoms with Crippen LogP contribution >= 0.6 is 0 Å². The van der Waals surface area contributed by atoms with Crippen molar-refractivity contribution in [1.29, 1.82) is 0 Å². The molecule has 2 heterocycles. The number of nitrogens with one attached hydrogen (secondary N) is 2. The first-order chi connectivity index (χ1) is 20.7. The van der Waals surface area contributed by atoms with Crippen molar-refractivity contribution in [2.75, 3.05) is 31.5 Å². The number of amides is 1. The van der Waals surface area contributed by atoms with Crippen LogP contribution in [0.15, 0.2) is 53.3 Å². The number of hydrogen-bond donors (Lipinski definition) is 2. The number of para-hydroxylation sites is 1. The zero-order valence-corrected chi connectivity index (χ0v) is 25.5. The molecule has 2 aromatic heterocycles. The zero-order chi connectivity index (χ0) is 31.1. The molecule has 0 atom stereocenters. The van der Waals surface area contributed by atoms with Gasteiger partial charge in [0.25, 0.3) is 11.5 Å². The van der Waals surface area contributed by atoms with E-state index in [0.717, 1.165) is 61.2 Å². The molecule has 228 valence electrons. The monoisotopic (exact) mass is 590 g/mol. The molecule has 0 aliphatic carbocycles. The third-order valence-electron chi connectivity index (χ3n) is 7.82. The third kappa shape index (κ3) is 7.07. The average molecular weight is 591 g/mol. The summed E-state index contributed by atoms with van der Waals surface area (Å²) < 4.78 is 31.0. The molecule has 0 aliphatic heterocycles. The van der Waals surface area contributed by atoms with E-state index in [1.807, 2.05) is 26.8 Å². The van der Waals surface area contributed by atoms with Gasteiger partial charge in [0.05, 0.1) is 5.69 Å². The van der Waals surface area contributed by atoms with E-state index in [0.29, 0.717) is 28.8 Å². The highest BCUT2D eigenvalue weighted by atomic mass is 19.1. The maximum atomic E-state index is 15.0. The molecule has 0 unspecified atom stereocenters. The fraction of sp³-hybridized carbons (Fsp3) is 0.394. The fourth-order valence-electron chi connectivity index (χ4n) is 5.14. The number of halogens is 2. The second-order valence-electron chi connectivity index (χ2n) is 10.5. The van der Waals surface area contributed by atoms with Gasteiger partial charge in [0.2, 0.25) is 5.95 Å². The molecule has 4 aromatic rings. The quantitative estimate of drug-likeness (QED) is 0.183. The summed E-state index contributed by atoms with van der Waals surface area (Å²) in [5.41, 5.74) is 1.29. The number of benzene rings is 2. The summed E-state index contributed by atoms with van der Waals surface area (Å²) in [6, 6.07) is 11.7. The molecule has 0 fully saturated rings. The minimum Gasteiger partial charge on any atom is -0.354 e. The van der Waals surface area contributed by atoms with Gasteiger partial charge in [-0.15, -0.1) is 0 Å². The Morgan fingerprint density at radius 3 is 2.33 bits per heavy atom. The molecule has 0 aliphatic rings. The van der Waals surface area contributed by atoms with E-state index in [4.69, 9.17) is 4.98 Å². The molecule has 10 heteroatoms. The maximum absolute atomic E-state index is 15.0. The second-order valence-corrected chi connectivity index (χ2v) is 10.5. The van der Waals surface area contributed by atoms with Crippen molar-refractivity contribution < 1.29 is 13.6 Å². The van der Waals surface area contributed by atoms with Crippen LogP contribution in [0.25, 0.3) is 28.0 Å². The Hall–Kier alpha value is -4.18. The maximum Gasteiger partial charge on any atom is 0.256 e. The lowest BCUT2D eigenvalue weighted by Gasteiger charge is -2.19. The first kappa shape index (κ1) is 31.7. The van der Waals surface area contributed by atoms with E-state index in [1.165, 1.54) is 12.1 Å². The lowest BCUT2D eigenvalue weighted by molar-refractivity contribution is 0.0935. The van der Waals surface area contributed by atoms with Gasteiger partial charge < -0.3 is 15.5 Å². The number of carbonyl (C=O) groups is 1. The van der Waals surface area contributed by atoms with Crippen LogP contribution in [0.2, 0.25) is 0 Å². The van der Waals surface area contributed by atoms with Gasteiger partial charge in [0.15, 0.2) is 5.65 Å².